The third-order valence-electron chi connectivity index (χ3n) is 5.37. The molecule has 7 heteroatoms. The van der Waals surface area contributed by atoms with Gasteiger partial charge >= 0.3 is 0 Å². The van der Waals surface area contributed by atoms with E-state index in [1.165, 1.54) is 30.2 Å². The van der Waals surface area contributed by atoms with Gasteiger partial charge in [-0.15, -0.1) is 0 Å². The van der Waals surface area contributed by atoms with Crippen LogP contribution in [0.15, 0.2) is 72.3 Å². The van der Waals surface area contributed by atoms with Gasteiger partial charge in [0.1, 0.15) is 17.3 Å². The van der Waals surface area contributed by atoms with E-state index in [2.05, 4.69) is 0 Å². The number of aliphatic hydroxyl groups excluding tert-OH is 1. The van der Waals surface area contributed by atoms with E-state index in [0.717, 1.165) is 5.56 Å². The summed E-state index contributed by atoms with van der Waals surface area (Å²) < 4.78 is 5.22. The molecule has 32 heavy (non-hydrogen) atoms. The summed E-state index contributed by atoms with van der Waals surface area (Å²) in [5.74, 6) is -1.89. The fourth-order valence-corrected chi connectivity index (χ4v) is 4.02. The summed E-state index contributed by atoms with van der Waals surface area (Å²) in [5, 5.41) is 22.0. The summed E-state index contributed by atoms with van der Waals surface area (Å²) in [4.78, 5) is 27.5. The standard InChI is InChI=1S/C25H20ClNO5/c1-14-8-11-19(28)18(12-14)27-22(15-6-4-3-5-7-15)21(24(30)25(27)31)23(29)16-9-10-17(26)20(13-16)32-2/h3-13,22,28-29H,1-2H3/b23-21-. The van der Waals surface area contributed by atoms with Crippen molar-refractivity contribution < 1.29 is 24.5 Å². The first kappa shape index (κ1) is 21.5. The molecule has 0 spiro atoms. The minimum absolute atomic E-state index is 0.0912. The van der Waals surface area contributed by atoms with Crippen LogP contribution in [-0.2, 0) is 9.59 Å². The number of methoxy groups -OCH3 is 1. The average Bonchev–Trinajstić information content (AvgIpc) is 3.06. The van der Waals surface area contributed by atoms with Crippen LogP contribution in [0.1, 0.15) is 22.7 Å². The predicted molar refractivity (Wildman–Crippen MR) is 122 cm³/mol. The Labute approximate surface area is 189 Å². The number of amides is 1. The predicted octanol–water partition coefficient (Wildman–Crippen LogP) is 4.99. The number of aryl methyl sites for hydroxylation is 1. The van der Waals surface area contributed by atoms with Gasteiger partial charge in [0.15, 0.2) is 0 Å². The number of aromatic hydroxyl groups is 1. The average molecular weight is 450 g/mol. The molecule has 2 N–H and O–H groups in total. The van der Waals surface area contributed by atoms with Crippen LogP contribution in [-0.4, -0.2) is 29.0 Å². The number of carbonyl (C=O) groups is 2. The number of hydrogen-bond acceptors (Lipinski definition) is 5. The van der Waals surface area contributed by atoms with Crippen LogP contribution in [0.25, 0.3) is 5.76 Å². The molecular formula is C25H20ClNO5. The molecule has 0 aromatic heterocycles. The summed E-state index contributed by atoms with van der Waals surface area (Å²) >= 11 is 6.09. The smallest absolute Gasteiger partial charge is 0.300 e. The molecule has 6 nitrogen and oxygen atoms in total. The van der Waals surface area contributed by atoms with Crippen molar-refractivity contribution in [1.82, 2.24) is 0 Å². The lowest BCUT2D eigenvalue weighted by atomic mass is 9.95. The SMILES string of the molecule is COc1cc(/C(O)=C2/C(=O)C(=O)N(c3cc(C)ccc3O)C2c2ccccc2)ccc1Cl. The van der Waals surface area contributed by atoms with Crippen molar-refractivity contribution in [3.05, 3.63) is 94.0 Å². The van der Waals surface area contributed by atoms with Crippen LogP contribution in [0.3, 0.4) is 0 Å². The van der Waals surface area contributed by atoms with Crippen molar-refractivity contribution in [2.75, 3.05) is 12.0 Å². The molecular weight excluding hydrogens is 430 g/mol. The van der Waals surface area contributed by atoms with Gasteiger partial charge < -0.3 is 14.9 Å². The zero-order valence-corrected chi connectivity index (χ0v) is 18.1. The zero-order chi connectivity index (χ0) is 23.0. The molecule has 0 aliphatic carbocycles. The van der Waals surface area contributed by atoms with E-state index < -0.39 is 17.7 Å². The van der Waals surface area contributed by atoms with Crippen LogP contribution in [0.5, 0.6) is 11.5 Å². The first-order valence-electron chi connectivity index (χ1n) is 9.83. The van der Waals surface area contributed by atoms with E-state index in [4.69, 9.17) is 16.3 Å². The Kier molecular flexibility index (Phi) is 5.63. The highest BCUT2D eigenvalue weighted by Gasteiger charge is 2.47. The number of Topliss-reactive ketones (excluding diaryl/α,β-unsaturated/α-hetero) is 1. The number of ketones is 1. The Balaban J connectivity index is 1.97. The van der Waals surface area contributed by atoms with Gasteiger partial charge in [0, 0.05) is 5.56 Å². The van der Waals surface area contributed by atoms with Crippen LogP contribution < -0.4 is 9.64 Å². The quantitative estimate of drug-likeness (QED) is 0.333. The van der Waals surface area contributed by atoms with Crippen molar-refractivity contribution in [3.63, 3.8) is 0 Å². The Bertz CT molecular complexity index is 1250. The summed E-state index contributed by atoms with van der Waals surface area (Å²) in [6.07, 6.45) is 0. The molecule has 3 aromatic rings. The lowest BCUT2D eigenvalue weighted by molar-refractivity contribution is -0.132. The zero-order valence-electron chi connectivity index (χ0n) is 17.4. The molecule has 1 atom stereocenters. The van der Waals surface area contributed by atoms with Gasteiger partial charge in [-0.05, 0) is 48.4 Å². The summed E-state index contributed by atoms with van der Waals surface area (Å²) in [7, 11) is 1.44. The number of ether oxygens (including phenoxy) is 1. The lowest BCUT2D eigenvalue weighted by Gasteiger charge is -2.26. The number of phenolic OH excluding ortho intramolecular Hbond substituents is 1. The Morgan fingerprint density at radius 1 is 1.03 bits per heavy atom. The van der Waals surface area contributed by atoms with Crippen LogP contribution in [0.4, 0.5) is 5.69 Å². The van der Waals surface area contributed by atoms with Gasteiger partial charge in [-0.2, -0.15) is 0 Å². The molecule has 1 fully saturated rings. The van der Waals surface area contributed by atoms with Gasteiger partial charge in [0.25, 0.3) is 11.7 Å². The van der Waals surface area contributed by atoms with Gasteiger partial charge in [0.2, 0.25) is 0 Å². The highest BCUT2D eigenvalue weighted by molar-refractivity contribution is 6.52. The van der Waals surface area contributed by atoms with Crippen LogP contribution in [0, 0.1) is 6.92 Å². The highest BCUT2D eigenvalue weighted by atomic mass is 35.5. The number of benzene rings is 3. The Morgan fingerprint density at radius 3 is 2.44 bits per heavy atom. The molecule has 162 valence electrons. The Morgan fingerprint density at radius 2 is 1.75 bits per heavy atom. The number of carbonyl (C=O) groups excluding carboxylic acids is 2. The molecule has 0 saturated carbocycles. The first-order valence-corrected chi connectivity index (χ1v) is 10.2. The minimum atomic E-state index is -0.939. The van der Waals surface area contributed by atoms with E-state index in [9.17, 15) is 19.8 Å². The van der Waals surface area contributed by atoms with Crippen LogP contribution >= 0.6 is 11.6 Å². The molecule has 0 bridgehead atoms. The van der Waals surface area contributed by atoms with Gasteiger partial charge in [0.05, 0.1) is 29.4 Å². The van der Waals surface area contributed by atoms with Crippen molar-refractivity contribution in [1.29, 1.82) is 0 Å². The number of anilines is 1. The van der Waals surface area contributed by atoms with E-state index in [-0.39, 0.29) is 28.3 Å². The maximum Gasteiger partial charge on any atom is 0.300 e. The van der Waals surface area contributed by atoms with Crippen LogP contribution in [0.2, 0.25) is 5.02 Å². The molecule has 3 aromatic carbocycles. The van der Waals surface area contributed by atoms with Crippen molar-refractivity contribution >= 4 is 34.7 Å². The maximum absolute atomic E-state index is 13.2. The second-order valence-corrected chi connectivity index (χ2v) is 7.83. The number of rotatable bonds is 4. The lowest BCUT2D eigenvalue weighted by Crippen LogP contribution is -2.29. The van der Waals surface area contributed by atoms with Crippen molar-refractivity contribution in [2.24, 2.45) is 0 Å². The number of hydrogen-bond donors (Lipinski definition) is 2. The summed E-state index contributed by atoms with van der Waals surface area (Å²) in [6, 6.07) is 17.3. The normalized spacial score (nSPS) is 17.6. The molecule has 1 unspecified atom stereocenters. The van der Waals surface area contributed by atoms with E-state index >= 15 is 0 Å². The molecule has 1 saturated heterocycles. The topological polar surface area (TPSA) is 87.1 Å². The maximum atomic E-state index is 13.2. The molecule has 1 heterocycles. The number of phenols is 1. The fourth-order valence-electron chi connectivity index (χ4n) is 3.82. The van der Waals surface area contributed by atoms with E-state index in [0.29, 0.717) is 16.3 Å². The molecule has 1 aliphatic heterocycles. The number of halogens is 1. The van der Waals surface area contributed by atoms with Gasteiger partial charge in [-0.1, -0.05) is 48.0 Å². The first-order chi connectivity index (χ1) is 15.3. The van der Waals surface area contributed by atoms with Crippen molar-refractivity contribution in [2.45, 2.75) is 13.0 Å². The Hall–Kier alpha value is -3.77. The number of nitrogens with zero attached hydrogens (tertiary/aromatic N) is 1. The second kappa shape index (κ2) is 8.40. The van der Waals surface area contributed by atoms with Crippen molar-refractivity contribution in [3.8, 4) is 11.5 Å². The van der Waals surface area contributed by atoms with Gasteiger partial charge in [-0.3, -0.25) is 14.5 Å². The van der Waals surface area contributed by atoms with E-state index in [1.54, 1.807) is 42.5 Å². The number of aliphatic hydroxyl groups is 1. The largest absolute Gasteiger partial charge is 0.507 e. The van der Waals surface area contributed by atoms with Gasteiger partial charge in [-0.25, -0.2) is 0 Å². The summed E-state index contributed by atoms with van der Waals surface area (Å²) in [5.41, 5.74) is 1.78. The third-order valence-corrected chi connectivity index (χ3v) is 5.69. The minimum Gasteiger partial charge on any atom is -0.507 e. The fraction of sp³-hybridized carbons (Fsp3) is 0.120. The molecule has 1 aliphatic rings. The highest BCUT2D eigenvalue weighted by Crippen LogP contribution is 2.45. The monoisotopic (exact) mass is 449 g/mol. The third kappa shape index (κ3) is 3.59. The molecule has 1 amide bonds. The molecule has 0 radical (unpaired) electrons. The second-order valence-electron chi connectivity index (χ2n) is 7.42. The molecule has 4 rings (SSSR count). The van der Waals surface area contributed by atoms with E-state index in [1.807, 2.05) is 13.0 Å². The summed E-state index contributed by atoms with van der Waals surface area (Å²) in [6.45, 7) is 1.82.